The lowest BCUT2D eigenvalue weighted by Crippen LogP contribution is -2.34. The minimum Gasteiger partial charge on any atom is -0.305 e. The maximum atomic E-state index is 12.5. The topological polar surface area (TPSA) is 114 Å². The molecule has 0 unspecified atom stereocenters. The van der Waals surface area contributed by atoms with E-state index in [0.29, 0.717) is 17.0 Å². The van der Waals surface area contributed by atoms with Gasteiger partial charge in [0.05, 0.1) is 21.9 Å². The molecule has 1 heterocycles. The van der Waals surface area contributed by atoms with Crippen molar-refractivity contribution in [1.82, 2.24) is 10.9 Å². The highest BCUT2D eigenvalue weighted by Gasteiger charge is 2.28. The van der Waals surface area contributed by atoms with Gasteiger partial charge in [-0.2, -0.15) is 10.1 Å². The van der Waals surface area contributed by atoms with Crippen molar-refractivity contribution >= 4 is 28.9 Å². The highest BCUT2D eigenvalue weighted by atomic mass is 16.6. The number of nitrogens with one attached hydrogen (secondary N) is 2. The van der Waals surface area contributed by atoms with Gasteiger partial charge >= 0.3 is 5.69 Å². The van der Waals surface area contributed by atoms with Crippen molar-refractivity contribution in [3.8, 4) is 0 Å². The fourth-order valence-corrected chi connectivity index (χ4v) is 2.44. The molecule has 0 aromatic heterocycles. The van der Waals surface area contributed by atoms with E-state index in [1.54, 1.807) is 31.2 Å². The van der Waals surface area contributed by atoms with E-state index in [1.165, 1.54) is 35.5 Å². The van der Waals surface area contributed by atoms with E-state index in [0.717, 1.165) is 0 Å². The van der Waals surface area contributed by atoms with E-state index in [9.17, 15) is 14.5 Å². The molecule has 1 aliphatic heterocycles. The third kappa shape index (κ3) is 3.82. The van der Waals surface area contributed by atoms with Gasteiger partial charge in [-0.25, -0.2) is 5.21 Å². The highest BCUT2D eigenvalue weighted by molar-refractivity contribution is 6.29. The summed E-state index contributed by atoms with van der Waals surface area (Å²) in [6.07, 6.45) is 1.35. The summed E-state index contributed by atoms with van der Waals surface area (Å²) in [5.74, 6) is -0.875. The normalized spacial score (nSPS) is 14.9. The zero-order valence-corrected chi connectivity index (χ0v) is 14.3. The van der Waals surface area contributed by atoms with Crippen LogP contribution >= 0.6 is 0 Å². The van der Waals surface area contributed by atoms with Crippen LogP contribution in [0.4, 0.5) is 11.4 Å². The van der Waals surface area contributed by atoms with Crippen LogP contribution in [-0.2, 0) is 4.79 Å². The highest BCUT2D eigenvalue weighted by Crippen LogP contribution is 2.22. The summed E-state index contributed by atoms with van der Waals surface area (Å²) >= 11 is 0. The van der Waals surface area contributed by atoms with Crippen molar-refractivity contribution in [1.29, 1.82) is 0 Å². The first-order valence-electron chi connectivity index (χ1n) is 7.94. The number of carbonyl (C=O) groups excluding carboxylic acids is 2. The number of hydrazone groups is 1. The van der Waals surface area contributed by atoms with Crippen molar-refractivity contribution < 1.29 is 19.7 Å². The van der Waals surface area contributed by atoms with Crippen LogP contribution in [0.5, 0.6) is 0 Å². The van der Waals surface area contributed by atoms with Gasteiger partial charge in [0.15, 0.2) is 0 Å². The minimum absolute atomic E-state index is 0.0755. The molecule has 2 aromatic rings. The Morgan fingerprint density at radius 2 is 1.93 bits per heavy atom. The van der Waals surface area contributed by atoms with Crippen molar-refractivity contribution in [3.63, 3.8) is 0 Å². The Morgan fingerprint density at radius 1 is 1.19 bits per heavy atom. The Morgan fingerprint density at radius 3 is 2.63 bits per heavy atom. The Bertz CT molecular complexity index is 969. The summed E-state index contributed by atoms with van der Waals surface area (Å²) in [4.78, 5) is 35.2. The molecular formula is C18H16N5O4+. The maximum absolute atomic E-state index is 12.5. The fourth-order valence-electron chi connectivity index (χ4n) is 2.44. The summed E-state index contributed by atoms with van der Waals surface area (Å²) in [6.45, 7) is 1.68. The fraction of sp³-hybridized carbons (Fsp3) is 0.0556. The van der Waals surface area contributed by atoms with Crippen LogP contribution in [-0.4, -0.2) is 27.7 Å². The Balaban J connectivity index is 1.67. The molecule has 2 amide bonds. The number of benzene rings is 2. The SMILES string of the molecule is CC1=NN(c2ccccc2)C(=O)/C1=C\NNC(=O)c1cccc([N+](=O)O)c1. The standard InChI is InChI=1S/C18H15N5O4/c1-12-16(18(25)22(21-12)14-7-3-2-4-8-14)11-19-20-17(24)13-6-5-9-15(10-13)23(26)27/h2-11H,1H3,(H2-,19,20,21,24,25,26,27)/p+1. The predicted molar refractivity (Wildman–Crippen MR) is 97.2 cm³/mol. The number of hydrogen-bond donors (Lipinski definition) is 3. The number of carbonyl (C=O) groups is 2. The number of hydrazine groups is 1. The van der Waals surface area contributed by atoms with Crippen LogP contribution < -0.4 is 15.9 Å². The second-order valence-corrected chi connectivity index (χ2v) is 5.62. The van der Waals surface area contributed by atoms with Gasteiger partial charge in [-0.3, -0.25) is 15.0 Å². The van der Waals surface area contributed by atoms with E-state index in [1.807, 2.05) is 6.07 Å². The molecular weight excluding hydrogens is 350 g/mol. The summed E-state index contributed by atoms with van der Waals surface area (Å²) < 4.78 is 0. The lowest BCUT2D eigenvalue weighted by molar-refractivity contribution is -0.729. The molecule has 0 spiro atoms. The zero-order chi connectivity index (χ0) is 19.4. The summed E-state index contributed by atoms with van der Waals surface area (Å²) in [5, 5.41) is 14.4. The van der Waals surface area contributed by atoms with Gasteiger partial charge in [0.1, 0.15) is 0 Å². The molecule has 9 heteroatoms. The van der Waals surface area contributed by atoms with E-state index in [2.05, 4.69) is 16.0 Å². The molecule has 9 nitrogen and oxygen atoms in total. The first-order valence-corrected chi connectivity index (χ1v) is 7.94. The smallest absolute Gasteiger partial charge is 0.305 e. The van der Waals surface area contributed by atoms with Crippen LogP contribution in [0, 0.1) is 4.91 Å². The van der Waals surface area contributed by atoms with E-state index in [-0.39, 0.29) is 22.1 Å². The third-order valence-electron chi connectivity index (χ3n) is 3.79. The molecule has 136 valence electrons. The van der Waals surface area contributed by atoms with Gasteiger partial charge in [-0.05, 0) is 25.1 Å². The number of hydrogen-bond acceptors (Lipinski definition) is 5. The van der Waals surface area contributed by atoms with Gasteiger partial charge in [0.2, 0.25) is 0 Å². The van der Waals surface area contributed by atoms with Crippen LogP contribution in [0.15, 0.2) is 71.5 Å². The quantitative estimate of drug-likeness (QED) is 0.553. The number of para-hydroxylation sites is 1. The molecule has 0 fully saturated rings. The Labute approximate surface area is 154 Å². The van der Waals surface area contributed by atoms with Gasteiger partial charge in [0, 0.05) is 23.9 Å². The maximum Gasteiger partial charge on any atom is 0.317 e. The third-order valence-corrected chi connectivity index (χ3v) is 3.79. The molecule has 0 bridgehead atoms. The molecule has 0 aliphatic carbocycles. The summed E-state index contributed by atoms with van der Waals surface area (Å²) in [7, 11) is 0. The second kappa shape index (κ2) is 7.48. The first-order chi connectivity index (χ1) is 13.0. The average molecular weight is 366 g/mol. The van der Waals surface area contributed by atoms with Crippen molar-refractivity contribution in [2.45, 2.75) is 6.92 Å². The van der Waals surface area contributed by atoms with Crippen LogP contribution in [0.25, 0.3) is 0 Å². The molecule has 0 radical (unpaired) electrons. The first kappa shape index (κ1) is 17.8. The Hall–Kier alpha value is -4.01. The number of nitrogens with zero attached hydrogens (tertiary/aromatic N) is 3. The number of rotatable bonds is 5. The van der Waals surface area contributed by atoms with Gasteiger partial charge in [-0.1, -0.05) is 24.3 Å². The molecule has 0 saturated heterocycles. The van der Waals surface area contributed by atoms with Crippen LogP contribution in [0.1, 0.15) is 17.3 Å². The van der Waals surface area contributed by atoms with E-state index in [4.69, 9.17) is 5.21 Å². The van der Waals surface area contributed by atoms with Crippen LogP contribution in [0.3, 0.4) is 0 Å². The molecule has 1 aliphatic rings. The second-order valence-electron chi connectivity index (χ2n) is 5.62. The van der Waals surface area contributed by atoms with Crippen molar-refractivity contribution in [3.05, 3.63) is 76.8 Å². The van der Waals surface area contributed by atoms with Gasteiger partial charge in [-0.15, -0.1) is 0 Å². The largest absolute Gasteiger partial charge is 0.317 e. The molecule has 3 N–H and O–H groups in total. The van der Waals surface area contributed by atoms with Gasteiger partial charge < -0.3 is 5.43 Å². The number of amides is 2. The Kier molecular flexibility index (Phi) is 4.93. The van der Waals surface area contributed by atoms with Crippen molar-refractivity contribution in [2.24, 2.45) is 5.10 Å². The molecule has 0 atom stereocenters. The summed E-state index contributed by atoms with van der Waals surface area (Å²) in [6, 6.07) is 14.5. The van der Waals surface area contributed by atoms with Gasteiger partial charge in [0.25, 0.3) is 16.7 Å². The van der Waals surface area contributed by atoms with E-state index < -0.39 is 5.91 Å². The number of anilines is 1. The lowest BCUT2D eigenvalue weighted by Gasteiger charge is -2.11. The average Bonchev–Trinajstić information content (AvgIpc) is 2.97. The predicted octanol–water partition coefficient (Wildman–Crippen LogP) is 2.03. The van der Waals surface area contributed by atoms with E-state index >= 15 is 0 Å². The van der Waals surface area contributed by atoms with Crippen molar-refractivity contribution in [2.75, 3.05) is 5.01 Å². The van der Waals surface area contributed by atoms with Crippen LogP contribution in [0.2, 0.25) is 0 Å². The lowest BCUT2D eigenvalue weighted by atomic mass is 10.2. The summed E-state index contributed by atoms with van der Waals surface area (Å²) in [5.41, 5.74) is 6.47. The monoisotopic (exact) mass is 366 g/mol. The minimum atomic E-state index is -0.546. The molecule has 0 saturated carbocycles. The molecule has 27 heavy (non-hydrogen) atoms. The molecule has 3 rings (SSSR count). The zero-order valence-electron chi connectivity index (χ0n) is 14.3. The molecule has 2 aromatic carbocycles.